The number of benzene rings is 1. The summed E-state index contributed by atoms with van der Waals surface area (Å²) < 4.78 is 7.69. The highest BCUT2D eigenvalue weighted by Crippen LogP contribution is 2.40. The van der Waals surface area contributed by atoms with Gasteiger partial charge in [0.25, 0.3) is 0 Å². The number of ether oxygens (including phenoxy) is 1. The number of anilines is 1. The van der Waals surface area contributed by atoms with Gasteiger partial charge in [0, 0.05) is 23.5 Å². The zero-order valence-electron chi connectivity index (χ0n) is 13.2. The lowest BCUT2D eigenvalue weighted by molar-refractivity contribution is -0.116. The first-order valence-corrected chi connectivity index (χ1v) is 8.74. The number of nitrogens with one attached hydrogen (secondary N) is 1. The van der Waals surface area contributed by atoms with Crippen LogP contribution in [0.4, 0.5) is 5.69 Å². The Bertz CT molecular complexity index is 990. The molecule has 1 atom stereocenters. The summed E-state index contributed by atoms with van der Waals surface area (Å²) in [5.74, 6) is -0.704. The normalized spacial score (nSPS) is 16.3. The van der Waals surface area contributed by atoms with Gasteiger partial charge in [0.05, 0.1) is 24.2 Å². The molecular formula is C16H13BrClN5O2. The second-order valence-corrected chi connectivity index (χ2v) is 6.91. The Hall–Kier alpha value is -2.03. The van der Waals surface area contributed by atoms with E-state index in [9.17, 15) is 4.79 Å². The highest BCUT2D eigenvalue weighted by Gasteiger charge is 2.35. The number of carbonyl (C=O) groups is 1. The molecule has 1 N–H and O–H groups in total. The molecule has 1 unspecified atom stereocenters. The molecule has 0 aliphatic carbocycles. The van der Waals surface area contributed by atoms with Crippen LogP contribution < -0.4 is 5.32 Å². The maximum Gasteiger partial charge on any atom is 0.238 e. The Balaban J connectivity index is 1.88. The molecule has 1 amide bonds. The van der Waals surface area contributed by atoms with Crippen molar-refractivity contribution in [2.45, 2.75) is 12.5 Å². The van der Waals surface area contributed by atoms with E-state index in [-0.39, 0.29) is 11.2 Å². The monoisotopic (exact) mass is 421 g/mol. The molecule has 2 aromatic heterocycles. The van der Waals surface area contributed by atoms with Gasteiger partial charge in [-0.1, -0.05) is 15.9 Å². The molecule has 0 saturated heterocycles. The molecule has 4 rings (SSSR count). The maximum atomic E-state index is 12.6. The van der Waals surface area contributed by atoms with Gasteiger partial charge in [-0.2, -0.15) is 10.1 Å². The second-order valence-electron chi connectivity index (χ2n) is 5.65. The lowest BCUT2D eigenvalue weighted by Crippen LogP contribution is -2.15. The van der Waals surface area contributed by atoms with Crippen molar-refractivity contribution in [3.63, 3.8) is 0 Å². The van der Waals surface area contributed by atoms with Crippen LogP contribution in [0, 0.1) is 0 Å². The zero-order valence-corrected chi connectivity index (χ0v) is 15.5. The first kappa shape index (κ1) is 16.4. The number of aromatic nitrogens is 4. The van der Waals surface area contributed by atoms with Gasteiger partial charge >= 0.3 is 0 Å². The fraction of sp³-hybridized carbons (Fsp3) is 0.250. The molecule has 9 heteroatoms. The van der Waals surface area contributed by atoms with Crippen molar-refractivity contribution in [2.75, 3.05) is 19.0 Å². The molecule has 1 aliphatic rings. The average Bonchev–Trinajstić information content (AvgIpc) is 3.11. The van der Waals surface area contributed by atoms with Crippen LogP contribution in [0.5, 0.6) is 0 Å². The van der Waals surface area contributed by atoms with Crippen molar-refractivity contribution < 1.29 is 9.53 Å². The summed E-state index contributed by atoms with van der Waals surface area (Å²) in [5.41, 5.74) is 2.63. The fourth-order valence-corrected chi connectivity index (χ4v) is 3.52. The predicted molar refractivity (Wildman–Crippen MR) is 96.8 cm³/mol. The molecule has 0 bridgehead atoms. The van der Waals surface area contributed by atoms with Crippen molar-refractivity contribution in [3.05, 3.63) is 45.4 Å². The van der Waals surface area contributed by atoms with Gasteiger partial charge in [-0.25, -0.2) is 4.98 Å². The molecule has 0 spiro atoms. The Kier molecular flexibility index (Phi) is 4.18. The van der Waals surface area contributed by atoms with E-state index in [1.165, 1.54) is 0 Å². The number of nitrogens with zero attached hydrogens (tertiary/aromatic N) is 4. The number of halogens is 2. The SMILES string of the molecule is COCCn1cc2c(C3C(=O)Nc4ccc(Br)cc43)nc(Cl)nc2n1. The van der Waals surface area contributed by atoms with Gasteiger partial charge in [-0.3, -0.25) is 9.48 Å². The van der Waals surface area contributed by atoms with Gasteiger partial charge in [-0.15, -0.1) is 0 Å². The number of rotatable bonds is 4. The van der Waals surface area contributed by atoms with E-state index in [4.69, 9.17) is 16.3 Å². The molecule has 7 nitrogen and oxygen atoms in total. The zero-order chi connectivity index (χ0) is 17.6. The van der Waals surface area contributed by atoms with E-state index >= 15 is 0 Å². The molecule has 0 radical (unpaired) electrons. The highest BCUT2D eigenvalue weighted by molar-refractivity contribution is 9.10. The van der Waals surface area contributed by atoms with Crippen LogP contribution in [0.2, 0.25) is 5.28 Å². The topological polar surface area (TPSA) is 81.9 Å². The van der Waals surface area contributed by atoms with Crippen LogP contribution in [0.3, 0.4) is 0 Å². The number of fused-ring (bicyclic) bond motifs is 2. The van der Waals surface area contributed by atoms with E-state index in [1.807, 2.05) is 24.4 Å². The molecule has 3 aromatic rings. The van der Waals surface area contributed by atoms with Crippen LogP contribution in [0.25, 0.3) is 11.0 Å². The summed E-state index contributed by atoms with van der Waals surface area (Å²) in [4.78, 5) is 21.1. The molecule has 1 aliphatic heterocycles. The number of amides is 1. The summed E-state index contributed by atoms with van der Waals surface area (Å²) in [7, 11) is 1.63. The Morgan fingerprint density at radius 1 is 1.40 bits per heavy atom. The molecular weight excluding hydrogens is 410 g/mol. The quantitative estimate of drug-likeness (QED) is 0.654. The molecule has 0 saturated carbocycles. The molecule has 0 fully saturated rings. The number of hydrogen-bond acceptors (Lipinski definition) is 5. The van der Waals surface area contributed by atoms with Crippen molar-refractivity contribution >= 4 is 50.2 Å². The molecule has 25 heavy (non-hydrogen) atoms. The lowest BCUT2D eigenvalue weighted by atomic mass is 9.95. The van der Waals surface area contributed by atoms with Crippen molar-refractivity contribution in [1.82, 2.24) is 19.7 Å². The van der Waals surface area contributed by atoms with E-state index in [2.05, 4.69) is 36.3 Å². The minimum Gasteiger partial charge on any atom is -0.383 e. The van der Waals surface area contributed by atoms with Gasteiger partial charge in [0.15, 0.2) is 5.65 Å². The minimum absolute atomic E-state index is 0.0655. The number of methoxy groups -OCH3 is 1. The van der Waals surface area contributed by atoms with Crippen molar-refractivity contribution in [2.24, 2.45) is 0 Å². The third-order valence-corrected chi connectivity index (χ3v) is 4.73. The van der Waals surface area contributed by atoms with Crippen molar-refractivity contribution in [3.8, 4) is 0 Å². The van der Waals surface area contributed by atoms with Gasteiger partial charge in [-0.05, 0) is 35.4 Å². The first-order valence-electron chi connectivity index (χ1n) is 7.56. The van der Waals surface area contributed by atoms with Crippen LogP contribution in [0.1, 0.15) is 17.2 Å². The summed E-state index contributed by atoms with van der Waals surface area (Å²) in [6.45, 7) is 1.09. The van der Waals surface area contributed by atoms with Crippen LogP contribution in [-0.2, 0) is 16.1 Å². The third kappa shape index (κ3) is 2.90. The Labute approximate surface area is 156 Å². The summed E-state index contributed by atoms with van der Waals surface area (Å²) in [6.07, 6.45) is 1.82. The number of carbonyl (C=O) groups excluding carboxylic acids is 1. The predicted octanol–water partition coefficient (Wildman–Crippen LogP) is 2.97. The summed E-state index contributed by atoms with van der Waals surface area (Å²) in [6, 6.07) is 5.65. The van der Waals surface area contributed by atoms with Crippen LogP contribution >= 0.6 is 27.5 Å². The van der Waals surface area contributed by atoms with Crippen LogP contribution in [0.15, 0.2) is 28.9 Å². The minimum atomic E-state index is -0.560. The van der Waals surface area contributed by atoms with E-state index < -0.39 is 5.92 Å². The number of hydrogen-bond donors (Lipinski definition) is 1. The Morgan fingerprint density at radius 2 is 2.24 bits per heavy atom. The molecule has 1 aromatic carbocycles. The van der Waals surface area contributed by atoms with E-state index in [0.717, 1.165) is 15.7 Å². The van der Waals surface area contributed by atoms with Gasteiger partial charge in [0.1, 0.15) is 5.92 Å². The standard InChI is InChI=1S/C16H13BrClN5O2/c1-25-5-4-23-7-10-13(20-16(18)21-14(10)22-23)12-9-6-8(17)2-3-11(9)19-15(12)24/h2-3,6-7,12H,4-5H2,1H3,(H,19,24). The third-order valence-electron chi connectivity index (χ3n) is 4.07. The fourth-order valence-electron chi connectivity index (χ4n) is 2.97. The summed E-state index contributed by atoms with van der Waals surface area (Å²) in [5, 5.41) is 8.06. The van der Waals surface area contributed by atoms with Gasteiger partial charge in [0.2, 0.25) is 11.2 Å². The smallest absolute Gasteiger partial charge is 0.238 e. The average molecular weight is 423 g/mol. The summed E-state index contributed by atoms with van der Waals surface area (Å²) >= 11 is 9.54. The second kappa shape index (κ2) is 6.36. The van der Waals surface area contributed by atoms with Crippen molar-refractivity contribution in [1.29, 1.82) is 0 Å². The van der Waals surface area contributed by atoms with E-state index in [1.54, 1.807) is 11.8 Å². The van der Waals surface area contributed by atoms with Gasteiger partial charge < -0.3 is 10.1 Å². The largest absolute Gasteiger partial charge is 0.383 e. The maximum absolute atomic E-state index is 12.6. The van der Waals surface area contributed by atoms with Crippen LogP contribution in [-0.4, -0.2) is 39.4 Å². The van der Waals surface area contributed by atoms with E-state index in [0.29, 0.717) is 29.9 Å². The first-order chi connectivity index (χ1) is 12.1. The Morgan fingerprint density at radius 3 is 3.04 bits per heavy atom. The molecule has 128 valence electrons. The lowest BCUT2D eigenvalue weighted by Gasteiger charge is -2.09. The molecule has 3 heterocycles. The highest BCUT2D eigenvalue weighted by atomic mass is 79.9.